The van der Waals surface area contributed by atoms with Crippen LogP contribution in [0, 0.1) is 5.92 Å². The minimum Gasteiger partial charge on any atom is -0.381 e. The van der Waals surface area contributed by atoms with Crippen molar-refractivity contribution in [1.82, 2.24) is 4.90 Å². The zero-order chi connectivity index (χ0) is 11.9. The van der Waals surface area contributed by atoms with Crippen molar-refractivity contribution in [2.75, 3.05) is 32.2 Å². The van der Waals surface area contributed by atoms with Crippen LogP contribution in [0.25, 0.3) is 0 Å². The Kier molecular flexibility index (Phi) is 6.10. The number of nitrogens with zero attached hydrogens (tertiary/aromatic N) is 1. The monoisotopic (exact) mass is 259 g/mol. The first-order chi connectivity index (χ1) is 8.40. The molecule has 2 nitrogen and oxygen atoms in total. The van der Waals surface area contributed by atoms with Crippen LogP contribution in [0.1, 0.15) is 44.9 Å². The first kappa shape index (κ1) is 13.6. The quantitative estimate of drug-likeness (QED) is 0.703. The highest BCUT2D eigenvalue weighted by atomic mass is 35.5. The summed E-state index contributed by atoms with van der Waals surface area (Å²) in [5, 5.41) is 0. The van der Waals surface area contributed by atoms with Gasteiger partial charge in [0.15, 0.2) is 0 Å². The van der Waals surface area contributed by atoms with Crippen molar-refractivity contribution in [2.45, 2.75) is 51.0 Å². The fraction of sp³-hybridized carbons (Fsp3) is 1.00. The Morgan fingerprint density at radius 3 is 2.35 bits per heavy atom. The molecule has 0 aromatic carbocycles. The standard InChI is InChI=1S/C14H26ClNO/c15-8-9-16(14-4-2-1-3-5-14)12-13-6-10-17-11-7-13/h13-14H,1-12H2. The molecule has 3 heteroatoms. The van der Waals surface area contributed by atoms with E-state index >= 15 is 0 Å². The van der Waals surface area contributed by atoms with Crippen LogP contribution in [0.4, 0.5) is 0 Å². The highest BCUT2D eigenvalue weighted by Gasteiger charge is 2.24. The normalized spacial score (nSPS) is 24.4. The van der Waals surface area contributed by atoms with Gasteiger partial charge >= 0.3 is 0 Å². The summed E-state index contributed by atoms with van der Waals surface area (Å²) in [4.78, 5) is 2.67. The molecule has 1 saturated heterocycles. The van der Waals surface area contributed by atoms with Crippen LogP contribution in [-0.4, -0.2) is 43.1 Å². The summed E-state index contributed by atoms with van der Waals surface area (Å²) in [6.45, 7) is 4.25. The third kappa shape index (κ3) is 4.42. The highest BCUT2D eigenvalue weighted by molar-refractivity contribution is 6.18. The second-order valence-corrected chi connectivity index (χ2v) is 5.91. The summed E-state index contributed by atoms with van der Waals surface area (Å²) < 4.78 is 5.44. The van der Waals surface area contributed by atoms with E-state index in [2.05, 4.69) is 4.90 Å². The van der Waals surface area contributed by atoms with Gasteiger partial charge < -0.3 is 4.74 Å². The van der Waals surface area contributed by atoms with Crippen molar-refractivity contribution in [3.8, 4) is 0 Å². The summed E-state index contributed by atoms with van der Waals surface area (Å²) in [7, 11) is 0. The van der Waals surface area contributed by atoms with E-state index in [4.69, 9.17) is 16.3 Å². The van der Waals surface area contributed by atoms with E-state index in [0.717, 1.165) is 37.6 Å². The fourth-order valence-corrected chi connectivity index (χ4v) is 3.46. The van der Waals surface area contributed by atoms with Gasteiger partial charge in [0, 0.05) is 38.2 Å². The van der Waals surface area contributed by atoms with Gasteiger partial charge in [0.25, 0.3) is 0 Å². The molecule has 100 valence electrons. The third-order valence-electron chi connectivity index (χ3n) is 4.30. The molecular weight excluding hydrogens is 234 g/mol. The molecular formula is C14H26ClNO. The van der Waals surface area contributed by atoms with Gasteiger partial charge in [0.1, 0.15) is 0 Å². The van der Waals surface area contributed by atoms with Crippen molar-refractivity contribution in [3.05, 3.63) is 0 Å². The Labute approximate surface area is 111 Å². The molecule has 0 radical (unpaired) electrons. The molecule has 1 aliphatic carbocycles. The summed E-state index contributed by atoms with van der Waals surface area (Å²) in [6.07, 6.45) is 9.52. The number of rotatable bonds is 5. The first-order valence-corrected chi connectivity index (χ1v) is 7.81. The van der Waals surface area contributed by atoms with E-state index in [1.807, 2.05) is 0 Å². The van der Waals surface area contributed by atoms with Gasteiger partial charge in [-0.1, -0.05) is 19.3 Å². The molecule has 0 bridgehead atoms. The largest absolute Gasteiger partial charge is 0.381 e. The molecule has 0 aromatic heterocycles. The van der Waals surface area contributed by atoms with Crippen molar-refractivity contribution in [1.29, 1.82) is 0 Å². The van der Waals surface area contributed by atoms with Gasteiger partial charge in [-0.3, -0.25) is 4.90 Å². The Hall–Kier alpha value is 0.210. The van der Waals surface area contributed by atoms with Crippen molar-refractivity contribution >= 4 is 11.6 Å². The van der Waals surface area contributed by atoms with Gasteiger partial charge in [-0.2, -0.15) is 0 Å². The van der Waals surface area contributed by atoms with Gasteiger partial charge in [-0.25, -0.2) is 0 Å². The second-order valence-electron chi connectivity index (χ2n) is 5.53. The topological polar surface area (TPSA) is 12.5 Å². The maximum atomic E-state index is 5.97. The van der Waals surface area contributed by atoms with Crippen LogP contribution < -0.4 is 0 Å². The summed E-state index contributed by atoms with van der Waals surface area (Å²) in [6, 6.07) is 0.811. The number of alkyl halides is 1. The summed E-state index contributed by atoms with van der Waals surface area (Å²) >= 11 is 5.97. The molecule has 0 spiro atoms. The average molecular weight is 260 g/mol. The Morgan fingerprint density at radius 2 is 1.71 bits per heavy atom. The zero-order valence-corrected chi connectivity index (χ0v) is 11.6. The van der Waals surface area contributed by atoms with E-state index in [1.54, 1.807) is 0 Å². The molecule has 1 heterocycles. The smallest absolute Gasteiger partial charge is 0.0469 e. The van der Waals surface area contributed by atoms with E-state index in [0.29, 0.717) is 0 Å². The second kappa shape index (κ2) is 7.60. The minimum absolute atomic E-state index is 0.778. The number of hydrogen-bond acceptors (Lipinski definition) is 2. The molecule has 1 saturated carbocycles. The number of halogens is 1. The molecule has 2 aliphatic rings. The lowest BCUT2D eigenvalue weighted by molar-refractivity contribution is 0.0425. The van der Waals surface area contributed by atoms with E-state index in [1.165, 1.54) is 51.5 Å². The molecule has 0 N–H and O–H groups in total. The number of ether oxygens (including phenoxy) is 1. The van der Waals surface area contributed by atoms with Crippen LogP contribution in [-0.2, 0) is 4.74 Å². The van der Waals surface area contributed by atoms with Crippen molar-refractivity contribution in [2.24, 2.45) is 5.92 Å². The molecule has 2 fully saturated rings. The van der Waals surface area contributed by atoms with Crippen LogP contribution in [0.3, 0.4) is 0 Å². The molecule has 17 heavy (non-hydrogen) atoms. The molecule has 0 amide bonds. The van der Waals surface area contributed by atoms with E-state index < -0.39 is 0 Å². The zero-order valence-electron chi connectivity index (χ0n) is 10.9. The van der Waals surface area contributed by atoms with E-state index in [9.17, 15) is 0 Å². The molecule has 0 atom stereocenters. The van der Waals surface area contributed by atoms with Crippen LogP contribution >= 0.6 is 11.6 Å². The summed E-state index contributed by atoms with van der Waals surface area (Å²) in [5.74, 6) is 1.62. The molecule has 2 rings (SSSR count). The minimum atomic E-state index is 0.778. The lowest BCUT2D eigenvalue weighted by atomic mass is 9.92. The predicted octanol–water partition coefficient (Wildman–Crippen LogP) is 3.29. The predicted molar refractivity (Wildman–Crippen MR) is 72.7 cm³/mol. The SMILES string of the molecule is ClCCN(CC1CCOCC1)C1CCCCC1. The summed E-state index contributed by atoms with van der Waals surface area (Å²) in [5.41, 5.74) is 0. The van der Waals surface area contributed by atoms with Crippen LogP contribution in [0.2, 0.25) is 0 Å². The Morgan fingerprint density at radius 1 is 1.00 bits per heavy atom. The molecule has 0 aromatic rings. The Balaban J connectivity index is 1.81. The van der Waals surface area contributed by atoms with Gasteiger partial charge in [-0.15, -0.1) is 11.6 Å². The highest BCUT2D eigenvalue weighted by Crippen LogP contribution is 2.25. The third-order valence-corrected chi connectivity index (χ3v) is 4.47. The maximum absolute atomic E-state index is 5.97. The van der Waals surface area contributed by atoms with Gasteiger partial charge in [-0.05, 0) is 31.6 Å². The van der Waals surface area contributed by atoms with Gasteiger partial charge in [0.2, 0.25) is 0 Å². The van der Waals surface area contributed by atoms with Crippen molar-refractivity contribution in [3.63, 3.8) is 0 Å². The number of hydrogen-bond donors (Lipinski definition) is 0. The fourth-order valence-electron chi connectivity index (χ4n) is 3.24. The van der Waals surface area contributed by atoms with Crippen LogP contribution in [0.15, 0.2) is 0 Å². The first-order valence-electron chi connectivity index (χ1n) is 7.28. The Bertz CT molecular complexity index is 200. The average Bonchev–Trinajstić information content (AvgIpc) is 2.40. The van der Waals surface area contributed by atoms with E-state index in [-0.39, 0.29) is 0 Å². The lowest BCUT2D eigenvalue weighted by Gasteiger charge is -2.37. The maximum Gasteiger partial charge on any atom is 0.0469 e. The molecule has 1 aliphatic heterocycles. The molecule has 0 unspecified atom stereocenters. The van der Waals surface area contributed by atoms with Crippen molar-refractivity contribution < 1.29 is 4.74 Å². The van der Waals surface area contributed by atoms with Gasteiger partial charge in [0.05, 0.1) is 0 Å². The lowest BCUT2D eigenvalue weighted by Crippen LogP contribution is -2.42. The van der Waals surface area contributed by atoms with Crippen LogP contribution in [0.5, 0.6) is 0 Å².